The molecule has 5 aliphatic carbocycles. The van der Waals surface area contributed by atoms with Gasteiger partial charge in [-0.25, -0.2) is 0 Å². The first-order chi connectivity index (χ1) is 18.1. The highest BCUT2D eigenvalue weighted by Gasteiger charge is 2.70. The Morgan fingerprint density at radius 2 is 1.72 bits per heavy atom. The Balaban J connectivity index is 1.50. The second-order valence-electron chi connectivity index (χ2n) is 16.1. The largest absolute Gasteiger partial charge is 0.481 e. The van der Waals surface area contributed by atoms with Crippen LogP contribution < -0.4 is 11.2 Å². The number of carbonyl (C=O) groups excluding carboxylic acids is 1. The molecule has 5 rings (SSSR count). The number of carboxylic acids is 1. The van der Waals surface area contributed by atoms with Crippen LogP contribution in [0, 0.1) is 50.2 Å². The van der Waals surface area contributed by atoms with Crippen LogP contribution in [0.2, 0.25) is 0 Å². The van der Waals surface area contributed by atoms with Crippen molar-refractivity contribution in [2.45, 2.75) is 119 Å². The van der Waals surface area contributed by atoms with E-state index in [1.165, 1.54) is 5.57 Å². The first-order valence-electron chi connectivity index (χ1n) is 15.7. The molecule has 39 heavy (non-hydrogen) atoms. The minimum atomic E-state index is -0.713. The van der Waals surface area contributed by atoms with Crippen LogP contribution in [0.3, 0.4) is 0 Å². The second-order valence-corrected chi connectivity index (χ2v) is 16.1. The van der Waals surface area contributed by atoms with Crippen LogP contribution in [-0.2, 0) is 14.4 Å². The van der Waals surface area contributed by atoms with Gasteiger partial charge in [-0.2, -0.15) is 5.48 Å². The number of fused-ring (bicyclic) bond motifs is 7. The molecule has 0 bridgehead atoms. The van der Waals surface area contributed by atoms with Crippen LogP contribution in [0.5, 0.6) is 0 Å². The summed E-state index contributed by atoms with van der Waals surface area (Å²) in [7, 11) is 0. The minimum Gasteiger partial charge on any atom is -0.481 e. The Hall–Kier alpha value is -1.24. The summed E-state index contributed by atoms with van der Waals surface area (Å²) in [5, 5.41) is 10.1. The molecule has 0 amide bonds. The Labute approximate surface area is 236 Å². The van der Waals surface area contributed by atoms with Crippen molar-refractivity contribution in [1.29, 1.82) is 0 Å². The molecule has 0 unspecified atom stereocenters. The Bertz CT molecular complexity index is 1050. The van der Waals surface area contributed by atoms with E-state index in [-0.39, 0.29) is 45.0 Å². The van der Waals surface area contributed by atoms with E-state index in [1.54, 1.807) is 0 Å². The van der Waals surface area contributed by atoms with Crippen molar-refractivity contribution >= 4 is 11.8 Å². The third kappa shape index (κ3) is 4.05. The molecule has 5 aliphatic rings. The van der Waals surface area contributed by atoms with E-state index < -0.39 is 11.4 Å². The van der Waals surface area contributed by atoms with Crippen molar-refractivity contribution in [3.05, 3.63) is 11.6 Å². The highest BCUT2D eigenvalue weighted by molar-refractivity contribution is 5.95. The molecule has 0 aromatic heterocycles. The molecule has 0 aromatic rings. The van der Waals surface area contributed by atoms with Crippen LogP contribution in [0.25, 0.3) is 0 Å². The molecular weight excluding hydrogens is 488 g/mol. The van der Waals surface area contributed by atoms with Gasteiger partial charge >= 0.3 is 5.97 Å². The van der Waals surface area contributed by atoms with Gasteiger partial charge < -0.3 is 15.7 Å². The quantitative estimate of drug-likeness (QED) is 0.269. The molecule has 0 aromatic carbocycles. The first-order valence-corrected chi connectivity index (χ1v) is 15.7. The fourth-order valence-corrected chi connectivity index (χ4v) is 10.9. The number of carbonyl (C=O) groups is 2. The van der Waals surface area contributed by atoms with Gasteiger partial charge in [0.1, 0.15) is 0 Å². The van der Waals surface area contributed by atoms with Crippen LogP contribution in [0.4, 0.5) is 0 Å². The number of nitrogens with one attached hydrogen (secondary N) is 1. The molecule has 0 heterocycles. The van der Waals surface area contributed by atoms with Gasteiger partial charge in [-0.05, 0) is 123 Å². The molecule has 4 saturated carbocycles. The van der Waals surface area contributed by atoms with Gasteiger partial charge in [0.25, 0.3) is 0 Å². The van der Waals surface area contributed by atoms with Gasteiger partial charge in [-0.3, -0.25) is 9.59 Å². The van der Waals surface area contributed by atoms with Gasteiger partial charge in [0, 0.05) is 12.0 Å². The van der Waals surface area contributed by atoms with E-state index in [4.69, 9.17) is 10.6 Å². The Morgan fingerprint density at radius 1 is 1.03 bits per heavy atom. The van der Waals surface area contributed by atoms with Crippen LogP contribution in [0.1, 0.15) is 113 Å². The summed E-state index contributed by atoms with van der Waals surface area (Å²) < 4.78 is 0. The lowest BCUT2D eigenvalue weighted by atomic mass is 9.33. The zero-order valence-corrected chi connectivity index (χ0v) is 25.6. The maximum atomic E-state index is 14.5. The third-order valence-electron chi connectivity index (χ3n) is 13.8. The molecule has 0 radical (unpaired) electrons. The lowest BCUT2D eigenvalue weighted by molar-refractivity contribution is -0.196. The molecule has 0 aliphatic heterocycles. The fourth-order valence-electron chi connectivity index (χ4n) is 10.9. The van der Waals surface area contributed by atoms with E-state index in [9.17, 15) is 14.7 Å². The average Bonchev–Trinajstić information content (AvgIpc) is 2.85. The predicted molar refractivity (Wildman–Crippen MR) is 154 cm³/mol. The van der Waals surface area contributed by atoms with Crippen LogP contribution >= 0.6 is 0 Å². The number of carboxylic acid groups (broad SMARTS) is 1. The number of allylic oxidation sites excluding steroid dienone is 2. The lowest BCUT2D eigenvalue weighted by Gasteiger charge is -2.70. The topological polar surface area (TPSA) is 102 Å². The van der Waals surface area contributed by atoms with E-state index in [2.05, 4.69) is 53.1 Å². The fraction of sp³-hybridized carbons (Fsp3) is 0.879. The van der Waals surface area contributed by atoms with Gasteiger partial charge in [0.05, 0.1) is 12.0 Å². The number of rotatable bonds is 6. The van der Waals surface area contributed by atoms with Crippen LogP contribution in [-0.4, -0.2) is 36.1 Å². The maximum Gasteiger partial charge on any atom is 0.309 e. The second kappa shape index (κ2) is 9.39. The maximum absolute atomic E-state index is 14.5. The first kappa shape index (κ1) is 29.3. The average molecular weight is 543 g/mol. The summed E-state index contributed by atoms with van der Waals surface area (Å²) in [6.45, 7) is 17.6. The number of hydroxylamine groups is 1. The zero-order valence-electron chi connectivity index (χ0n) is 25.6. The Morgan fingerprint density at radius 3 is 2.38 bits per heavy atom. The van der Waals surface area contributed by atoms with Crippen molar-refractivity contribution in [2.24, 2.45) is 56.0 Å². The van der Waals surface area contributed by atoms with Gasteiger partial charge in [-0.15, -0.1) is 0 Å². The number of ketones is 1. The number of aliphatic carboxylic acids is 1. The van der Waals surface area contributed by atoms with Crippen molar-refractivity contribution in [3.63, 3.8) is 0 Å². The normalized spacial score (nSPS) is 48.7. The van der Waals surface area contributed by atoms with Crippen LogP contribution in [0.15, 0.2) is 11.6 Å². The summed E-state index contributed by atoms with van der Waals surface area (Å²) >= 11 is 0. The third-order valence-corrected chi connectivity index (χ3v) is 13.8. The summed E-state index contributed by atoms with van der Waals surface area (Å²) in [5.41, 5.74) is 9.43. The van der Waals surface area contributed by atoms with Crippen molar-refractivity contribution < 1.29 is 19.5 Å². The number of hydrogen-bond acceptors (Lipinski definition) is 5. The summed E-state index contributed by atoms with van der Waals surface area (Å²) in [5.74, 6) is 0.213. The predicted octanol–water partition coefficient (Wildman–Crippen LogP) is 6.29. The molecular formula is C33H54N2O4. The molecule has 4 N–H and O–H groups in total. The molecule has 0 spiro atoms. The number of nitrogens with two attached hydrogens (primary N) is 1. The van der Waals surface area contributed by atoms with E-state index >= 15 is 0 Å². The zero-order chi connectivity index (χ0) is 28.6. The molecule has 4 fully saturated rings. The molecule has 6 nitrogen and oxygen atoms in total. The molecule has 220 valence electrons. The highest BCUT2D eigenvalue weighted by Crippen LogP contribution is 2.75. The summed E-state index contributed by atoms with van der Waals surface area (Å²) in [4.78, 5) is 32.6. The van der Waals surface area contributed by atoms with E-state index in [0.717, 1.165) is 57.8 Å². The highest BCUT2D eigenvalue weighted by atomic mass is 16.6. The van der Waals surface area contributed by atoms with E-state index in [1.807, 2.05) is 6.92 Å². The monoisotopic (exact) mass is 542 g/mol. The smallest absolute Gasteiger partial charge is 0.309 e. The van der Waals surface area contributed by atoms with E-state index in [0.29, 0.717) is 31.3 Å². The number of hydrogen-bond donors (Lipinski definition) is 3. The van der Waals surface area contributed by atoms with Crippen molar-refractivity contribution in [3.8, 4) is 0 Å². The minimum absolute atomic E-state index is 0.0000288. The summed E-state index contributed by atoms with van der Waals surface area (Å²) in [6.07, 6.45) is 11.6. The van der Waals surface area contributed by atoms with Crippen molar-refractivity contribution in [1.82, 2.24) is 5.48 Å². The molecule has 6 heteroatoms. The summed E-state index contributed by atoms with van der Waals surface area (Å²) in [6, 6.07) is 0.254. The SMILES string of the molecule is CC1(C)[C@@H](NOCCCN)CC[C@]2(C)[C@H]3C(=O)C=C4[C@@H]5C[C@](C)(C(=O)O)CC[C@]5(C)CC[C@@]4(C)[C@]3(C)CC[C@@H]12. The molecule has 0 saturated heterocycles. The Kier molecular flexibility index (Phi) is 7.04. The standard InChI is InChI=1S/C33H54N2O4/c1-28(2)24-9-12-33(7)26(31(24,5)11-10-25(28)35-39-18-8-17-34)23(36)19-21-22-20-30(4,27(37)38)14-13-29(22,3)15-16-32(21,33)6/h19,22,24-26,35H,8-18,20,34H2,1-7H3,(H,37,38)/t22-,24-,25-,26+,29+,30+,31-,32+,33+/m0/s1. The lowest BCUT2D eigenvalue weighted by Crippen LogP contribution is -2.67. The molecule has 9 atom stereocenters. The van der Waals surface area contributed by atoms with Crippen molar-refractivity contribution in [2.75, 3.05) is 13.2 Å². The van der Waals surface area contributed by atoms with Gasteiger partial charge in [0.15, 0.2) is 5.78 Å². The van der Waals surface area contributed by atoms with Gasteiger partial charge in [0.2, 0.25) is 0 Å². The van der Waals surface area contributed by atoms with Gasteiger partial charge in [-0.1, -0.05) is 47.1 Å².